The Hall–Kier alpha value is -1.87. The third-order valence-corrected chi connectivity index (χ3v) is 8.12. The first kappa shape index (κ1) is 26.7. The topological polar surface area (TPSA) is 40.5 Å². The van der Waals surface area contributed by atoms with E-state index in [1.54, 1.807) is 12.1 Å². The molecule has 2 aromatic rings. The van der Waals surface area contributed by atoms with Crippen LogP contribution in [-0.2, 0) is 6.42 Å². The van der Waals surface area contributed by atoms with E-state index in [-0.39, 0.29) is 0 Å². The fraction of sp³-hybridized carbons (Fsp3) is 0.548. The van der Waals surface area contributed by atoms with Crippen molar-refractivity contribution in [1.82, 2.24) is 0 Å². The van der Waals surface area contributed by atoms with Crippen molar-refractivity contribution in [3.8, 4) is 11.5 Å². The molecule has 0 saturated heterocycles. The van der Waals surface area contributed by atoms with Crippen molar-refractivity contribution in [3.63, 3.8) is 0 Å². The molecular weight excluding hydrogens is 436 g/mol. The highest BCUT2D eigenvalue weighted by molar-refractivity contribution is 7.99. The quantitative estimate of drug-likeness (QED) is 0.222. The molecule has 0 aliphatic heterocycles. The van der Waals surface area contributed by atoms with Gasteiger partial charge in [-0.15, -0.1) is 0 Å². The molecule has 0 radical (unpaired) electrons. The molecule has 2 aromatic carbocycles. The van der Waals surface area contributed by atoms with Crippen LogP contribution >= 0.6 is 11.8 Å². The molecule has 0 atom stereocenters. The maximum Gasteiger partial charge on any atom is 0.115 e. The van der Waals surface area contributed by atoms with E-state index in [2.05, 4.69) is 24.8 Å². The van der Waals surface area contributed by atoms with Gasteiger partial charge in [0.2, 0.25) is 0 Å². The molecule has 186 valence electrons. The van der Waals surface area contributed by atoms with Crippen LogP contribution in [0.2, 0.25) is 0 Å². The molecule has 0 spiro atoms. The van der Waals surface area contributed by atoms with Gasteiger partial charge in [-0.05, 0) is 95.7 Å². The highest BCUT2D eigenvalue weighted by atomic mass is 32.2. The number of phenols is 2. The van der Waals surface area contributed by atoms with Gasteiger partial charge in [0.15, 0.2) is 0 Å². The van der Waals surface area contributed by atoms with Crippen molar-refractivity contribution in [2.24, 2.45) is 0 Å². The van der Waals surface area contributed by atoms with Gasteiger partial charge in [-0.25, -0.2) is 0 Å². The normalized spacial score (nSPS) is 13.0. The van der Waals surface area contributed by atoms with Crippen LogP contribution in [0.1, 0.15) is 107 Å². The van der Waals surface area contributed by atoms with Crippen LogP contribution in [0.3, 0.4) is 0 Å². The number of aromatic hydroxyl groups is 2. The summed E-state index contributed by atoms with van der Waals surface area (Å²) < 4.78 is 0. The monoisotopic (exact) mass is 480 g/mol. The molecule has 0 heterocycles. The number of phenolic OH excluding ortho intramolecular Hbond substituents is 2. The molecule has 0 aromatic heterocycles. The summed E-state index contributed by atoms with van der Waals surface area (Å²) >= 11 is 2.16. The first-order valence-corrected chi connectivity index (χ1v) is 14.8. The number of fused-ring (bicyclic) bond motifs is 1. The summed E-state index contributed by atoms with van der Waals surface area (Å²) in [6.07, 6.45) is 18.2. The van der Waals surface area contributed by atoms with E-state index in [9.17, 15) is 10.2 Å². The number of benzene rings is 2. The Bertz CT molecular complexity index is 885. The molecule has 1 aliphatic carbocycles. The second-order valence-electron chi connectivity index (χ2n) is 9.77. The molecule has 0 saturated carbocycles. The Morgan fingerprint density at radius 2 is 1.26 bits per heavy atom. The van der Waals surface area contributed by atoms with Crippen molar-refractivity contribution in [3.05, 3.63) is 59.2 Å². The van der Waals surface area contributed by atoms with Gasteiger partial charge in [0.1, 0.15) is 11.5 Å². The lowest BCUT2D eigenvalue weighted by molar-refractivity contribution is 0.474. The lowest BCUT2D eigenvalue weighted by Gasteiger charge is -2.10. The number of hydrogen-bond donors (Lipinski definition) is 2. The van der Waals surface area contributed by atoms with Crippen molar-refractivity contribution >= 4 is 22.9 Å². The molecule has 34 heavy (non-hydrogen) atoms. The summed E-state index contributed by atoms with van der Waals surface area (Å²) in [4.78, 5) is 0. The smallest absolute Gasteiger partial charge is 0.115 e. The predicted molar refractivity (Wildman–Crippen MR) is 150 cm³/mol. The molecule has 0 fully saturated rings. The van der Waals surface area contributed by atoms with Gasteiger partial charge in [-0.3, -0.25) is 0 Å². The van der Waals surface area contributed by atoms with E-state index in [1.165, 1.54) is 116 Å². The van der Waals surface area contributed by atoms with Crippen LogP contribution in [0.25, 0.3) is 11.1 Å². The second-order valence-corrected chi connectivity index (χ2v) is 11.0. The third-order valence-electron chi connectivity index (χ3n) is 6.97. The number of allylic oxidation sites excluding steroid dienone is 2. The second kappa shape index (κ2) is 15.2. The molecular formula is C31H44O2S. The van der Waals surface area contributed by atoms with Gasteiger partial charge in [0.05, 0.1) is 0 Å². The zero-order chi connectivity index (χ0) is 24.0. The van der Waals surface area contributed by atoms with Crippen LogP contribution in [0, 0.1) is 0 Å². The number of rotatable bonds is 17. The summed E-state index contributed by atoms with van der Waals surface area (Å²) in [7, 11) is 0. The van der Waals surface area contributed by atoms with E-state index in [0.29, 0.717) is 11.5 Å². The van der Waals surface area contributed by atoms with Gasteiger partial charge < -0.3 is 10.2 Å². The summed E-state index contributed by atoms with van der Waals surface area (Å²) in [6.45, 7) is 2.28. The van der Waals surface area contributed by atoms with Crippen molar-refractivity contribution in [2.45, 2.75) is 96.8 Å². The van der Waals surface area contributed by atoms with E-state index in [0.717, 1.165) is 12.8 Å². The maximum absolute atomic E-state index is 9.94. The van der Waals surface area contributed by atoms with Gasteiger partial charge in [-0.1, -0.05) is 82.9 Å². The highest BCUT2D eigenvalue weighted by Crippen LogP contribution is 2.42. The number of unbranched alkanes of at least 4 members (excludes halogenated alkanes) is 10. The minimum absolute atomic E-state index is 0.306. The third kappa shape index (κ3) is 8.73. The fourth-order valence-electron chi connectivity index (χ4n) is 5.00. The first-order valence-electron chi connectivity index (χ1n) is 13.6. The Balaban J connectivity index is 1.33. The summed E-state index contributed by atoms with van der Waals surface area (Å²) in [5.74, 6) is 3.36. The molecule has 2 nitrogen and oxygen atoms in total. The van der Waals surface area contributed by atoms with Crippen LogP contribution in [0.5, 0.6) is 11.5 Å². The average molecular weight is 481 g/mol. The molecule has 3 heteroatoms. The Labute approximate surface area is 211 Å². The minimum atomic E-state index is 0.306. The van der Waals surface area contributed by atoms with E-state index in [1.807, 2.05) is 24.3 Å². The number of thioether (sulfide) groups is 1. The minimum Gasteiger partial charge on any atom is -0.508 e. The van der Waals surface area contributed by atoms with E-state index >= 15 is 0 Å². The zero-order valence-corrected chi connectivity index (χ0v) is 22.0. The lowest BCUT2D eigenvalue weighted by Crippen LogP contribution is -1.89. The Morgan fingerprint density at radius 1 is 0.676 bits per heavy atom. The highest BCUT2D eigenvalue weighted by Gasteiger charge is 2.22. The van der Waals surface area contributed by atoms with Crippen molar-refractivity contribution in [1.29, 1.82) is 0 Å². The summed E-state index contributed by atoms with van der Waals surface area (Å²) in [5.41, 5.74) is 6.47. The van der Waals surface area contributed by atoms with Gasteiger partial charge in [0.25, 0.3) is 0 Å². The lowest BCUT2D eigenvalue weighted by atomic mass is 9.95. The van der Waals surface area contributed by atoms with Crippen LogP contribution in [-0.4, -0.2) is 21.7 Å². The maximum atomic E-state index is 9.94. The average Bonchev–Trinajstić information content (AvgIpc) is 3.19. The van der Waals surface area contributed by atoms with Crippen LogP contribution < -0.4 is 0 Å². The molecule has 0 amide bonds. The summed E-state index contributed by atoms with van der Waals surface area (Å²) in [5, 5.41) is 19.6. The van der Waals surface area contributed by atoms with E-state index < -0.39 is 0 Å². The van der Waals surface area contributed by atoms with Crippen molar-refractivity contribution < 1.29 is 10.2 Å². The molecule has 2 N–H and O–H groups in total. The largest absolute Gasteiger partial charge is 0.508 e. The Kier molecular flexibility index (Phi) is 11.9. The molecule has 3 rings (SSSR count). The van der Waals surface area contributed by atoms with Crippen LogP contribution in [0.4, 0.5) is 0 Å². The van der Waals surface area contributed by atoms with E-state index in [4.69, 9.17) is 0 Å². The predicted octanol–water partition coefficient (Wildman–Crippen LogP) is 9.39. The standard InChI is InChI=1S/C31H44O2S/c1-2-3-4-12-21-34-22-13-10-8-6-5-7-9-11-14-30-29-20-19-28(33)23-26(29)24-31(30)25-15-17-27(32)18-16-25/h15-20,23,32-33H,2-14,21-22,24H2,1H3. The fourth-order valence-corrected chi connectivity index (χ4v) is 6.03. The van der Waals surface area contributed by atoms with Crippen molar-refractivity contribution in [2.75, 3.05) is 11.5 Å². The molecule has 0 bridgehead atoms. The Morgan fingerprint density at radius 3 is 1.94 bits per heavy atom. The SMILES string of the molecule is CCCCCCSCCCCCCCCCCC1=C(c2ccc(O)cc2)Cc2cc(O)ccc21. The van der Waals surface area contributed by atoms with Gasteiger partial charge >= 0.3 is 0 Å². The van der Waals surface area contributed by atoms with Gasteiger partial charge in [-0.2, -0.15) is 11.8 Å². The number of hydrogen-bond acceptors (Lipinski definition) is 3. The molecule has 0 unspecified atom stereocenters. The summed E-state index contributed by atoms with van der Waals surface area (Å²) in [6, 6.07) is 13.4. The zero-order valence-electron chi connectivity index (χ0n) is 21.2. The first-order chi connectivity index (χ1) is 16.7. The van der Waals surface area contributed by atoms with Crippen LogP contribution in [0.15, 0.2) is 42.5 Å². The van der Waals surface area contributed by atoms with Gasteiger partial charge in [0, 0.05) is 0 Å². The molecule has 1 aliphatic rings.